The molecule has 1 rings (SSSR count). The fourth-order valence-corrected chi connectivity index (χ4v) is 1.21. The van der Waals surface area contributed by atoms with E-state index in [9.17, 15) is 9.35 Å². The van der Waals surface area contributed by atoms with Crippen LogP contribution in [0.3, 0.4) is 0 Å². The molecule has 0 bridgehead atoms. The second kappa shape index (κ2) is 3.55. The Balaban J connectivity index is 2.86. The molecule has 0 aliphatic heterocycles. The highest BCUT2D eigenvalue weighted by Gasteiger charge is 2.14. The Labute approximate surface area is 68.4 Å². The first kappa shape index (κ1) is 8.30. The Morgan fingerprint density at radius 2 is 1.91 bits per heavy atom. The summed E-state index contributed by atoms with van der Waals surface area (Å²) in [6.07, 6.45) is 1.38. The summed E-state index contributed by atoms with van der Waals surface area (Å²) in [7, 11) is 0. The summed E-state index contributed by atoms with van der Waals surface area (Å²) in [5, 5.41) is -0.314. The summed E-state index contributed by atoms with van der Waals surface area (Å²) in [4.78, 5) is 11.0. The summed E-state index contributed by atoms with van der Waals surface area (Å²) in [5.41, 5.74) is 0.508. The zero-order valence-corrected chi connectivity index (χ0v) is 6.93. The fourth-order valence-electron chi connectivity index (χ4n) is 0.740. The first-order valence-corrected chi connectivity index (χ1v) is 4.70. The van der Waals surface area contributed by atoms with Crippen LogP contribution in [0.25, 0.3) is 0 Å². The van der Waals surface area contributed by atoms with Gasteiger partial charge < -0.3 is 4.55 Å². The van der Waals surface area contributed by atoms with Crippen LogP contribution in [0.1, 0.15) is 10.4 Å². The quantitative estimate of drug-likeness (QED) is 0.591. The van der Waals surface area contributed by atoms with E-state index in [-0.39, 0.29) is 5.12 Å². The van der Waals surface area contributed by atoms with E-state index < -0.39 is 11.2 Å². The number of rotatable bonds is 1. The third-order valence-electron chi connectivity index (χ3n) is 1.27. The zero-order valence-electron chi connectivity index (χ0n) is 6.11. The molecule has 0 aromatic heterocycles. The highest BCUT2D eigenvalue weighted by atomic mass is 32.2. The zero-order chi connectivity index (χ0) is 8.27. The molecule has 0 saturated carbocycles. The van der Waals surface area contributed by atoms with Crippen molar-refractivity contribution >= 4 is 16.3 Å². The van der Waals surface area contributed by atoms with E-state index in [1.807, 2.05) is 6.07 Å². The van der Waals surface area contributed by atoms with Gasteiger partial charge in [0.15, 0.2) is 0 Å². The molecule has 58 valence electrons. The van der Waals surface area contributed by atoms with E-state index in [0.717, 1.165) is 0 Å². The second-order valence-electron chi connectivity index (χ2n) is 2.11. The minimum absolute atomic E-state index is 0.314. The maximum Gasteiger partial charge on any atom is 0.359 e. The van der Waals surface area contributed by atoms with Gasteiger partial charge in [-0.05, 0) is 12.1 Å². The van der Waals surface area contributed by atoms with Gasteiger partial charge >= 0.3 is 5.12 Å². The van der Waals surface area contributed by atoms with Crippen LogP contribution < -0.4 is 0 Å². The molecule has 0 radical (unpaired) electrons. The first-order chi connectivity index (χ1) is 5.22. The Morgan fingerprint density at radius 3 is 2.36 bits per heavy atom. The molecule has 3 heteroatoms. The highest BCUT2D eigenvalue weighted by molar-refractivity contribution is 8.06. The van der Waals surface area contributed by atoms with Gasteiger partial charge in [-0.15, -0.1) is 0 Å². The predicted octanol–water partition coefficient (Wildman–Crippen LogP) is 1.21. The van der Waals surface area contributed by atoms with Crippen LogP contribution >= 0.6 is 0 Å². The lowest BCUT2D eigenvalue weighted by atomic mass is 10.2. The molecule has 0 N–H and O–H groups in total. The molecular formula is C8H8O2S. The lowest BCUT2D eigenvalue weighted by Gasteiger charge is -2.00. The third kappa shape index (κ3) is 2.06. The van der Waals surface area contributed by atoms with Crippen LogP contribution in [0.5, 0.6) is 0 Å². The highest BCUT2D eigenvalue weighted by Crippen LogP contribution is 2.03. The monoisotopic (exact) mass is 168 g/mol. The largest absolute Gasteiger partial charge is 0.609 e. The summed E-state index contributed by atoms with van der Waals surface area (Å²) < 4.78 is 10.7. The molecule has 2 nitrogen and oxygen atoms in total. The molecule has 1 atom stereocenters. The van der Waals surface area contributed by atoms with E-state index in [0.29, 0.717) is 5.56 Å². The van der Waals surface area contributed by atoms with Gasteiger partial charge in [-0.3, -0.25) is 0 Å². The summed E-state index contributed by atoms with van der Waals surface area (Å²) in [5.74, 6) is 0. The van der Waals surface area contributed by atoms with E-state index >= 15 is 0 Å². The summed E-state index contributed by atoms with van der Waals surface area (Å²) in [6, 6.07) is 8.63. The normalized spacial score (nSPS) is 12.5. The lowest BCUT2D eigenvalue weighted by molar-refractivity contribution is 0.107. The van der Waals surface area contributed by atoms with Gasteiger partial charge in [-0.1, -0.05) is 18.2 Å². The molecule has 0 heterocycles. The molecule has 11 heavy (non-hydrogen) atoms. The standard InChI is InChI=1S/C8H8O2S/c1-11(10)8(9)7-5-3-2-4-6-7/h2-6H,1H3. The van der Waals surface area contributed by atoms with Crippen LogP contribution in [0.4, 0.5) is 0 Å². The van der Waals surface area contributed by atoms with Gasteiger partial charge in [0.25, 0.3) is 0 Å². The van der Waals surface area contributed by atoms with E-state index in [2.05, 4.69) is 0 Å². The van der Waals surface area contributed by atoms with Gasteiger partial charge in [0.05, 0.1) is 5.56 Å². The van der Waals surface area contributed by atoms with Crippen LogP contribution in [-0.4, -0.2) is 15.9 Å². The lowest BCUT2D eigenvalue weighted by Crippen LogP contribution is -2.12. The van der Waals surface area contributed by atoms with Crippen molar-refractivity contribution in [2.45, 2.75) is 0 Å². The van der Waals surface area contributed by atoms with Crippen molar-refractivity contribution < 1.29 is 9.35 Å². The molecule has 0 saturated heterocycles. The number of carbonyl (C=O) groups excluding carboxylic acids is 1. The van der Waals surface area contributed by atoms with Gasteiger partial charge in [-0.2, -0.15) is 0 Å². The van der Waals surface area contributed by atoms with Crippen LogP contribution in [0, 0.1) is 0 Å². The summed E-state index contributed by atoms with van der Waals surface area (Å²) >= 11 is -1.40. The van der Waals surface area contributed by atoms with Crippen molar-refractivity contribution in [3.05, 3.63) is 35.9 Å². The molecule has 0 fully saturated rings. The van der Waals surface area contributed by atoms with Crippen molar-refractivity contribution in [3.8, 4) is 0 Å². The third-order valence-corrected chi connectivity index (χ3v) is 2.03. The Morgan fingerprint density at radius 1 is 1.36 bits per heavy atom. The topological polar surface area (TPSA) is 40.1 Å². The predicted molar refractivity (Wildman–Crippen MR) is 44.8 cm³/mol. The van der Waals surface area contributed by atoms with Gasteiger partial charge in [0.2, 0.25) is 0 Å². The SMILES string of the molecule is C[S+]([O-])C(=O)c1ccccc1. The van der Waals surface area contributed by atoms with Crippen molar-refractivity contribution in [1.29, 1.82) is 0 Å². The maximum atomic E-state index is 11.0. The van der Waals surface area contributed by atoms with Gasteiger partial charge in [0, 0.05) is 11.2 Å². The van der Waals surface area contributed by atoms with Crippen molar-refractivity contribution in [2.75, 3.05) is 6.26 Å². The number of benzene rings is 1. The van der Waals surface area contributed by atoms with Gasteiger partial charge in [0.1, 0.15) is 6.26 Å². The number of carbonyl (C=O) groups is 1. The van der Waals surface area contributed by atoms with E-state index in [4.69, 9.17) is 0 Å². The molecule has 0 aliphatic rings. The molecule has 0 aliphatic carbocycles. The molecule has 0 amide bonds. The van der Waals surface area contributed by atoms with Crippen molar-refractivity contribution in [1.82, 2.24) is 0 Å². The Kier molecular flexibility index (Phi) is 2.68. The minimum Gasteiger partial charge on any atom is -0.609 e. The Hall–Kier alpha value is -0.800. The van der Waals surface area contributed by atoms with Gasteiger partial charge in [-0.25, -0.2) is 4.79 Å². The minimum atomic E-state index is -1.40. The molecular weight excluding hydrogens is 160 g/mol. The smallest absolute Gasteiger partial charge is 0.359 e. The van der Waals surface area contributed by atoms with Crippen LogP contribution in [-0.2, 0) is 11.2 Å². The first-order valence-electron chi connectivity index (χ1n) is 3.14. The molecule has 0 spiro atoms. The van der Waals surface area contributed by atoms with Crippen molar-refractivity contribution in [2.24, 2.45) is 0 Å². The van der Waals surface area contributed by atoms with Crippen molar-refractivity contribution in [3.63, 3.8) is 0 Å². The maximum absolute atomic E-state index is 11.0. The molecule has 1 aromatic carbocycles. The van der Waals surface area contributed by atoms with Crippen LogP contribution in [0.2, 0.25) is 0 Å². The summed E-state index contributed by atoms with van der Waals surface area (Å²) in [6.45, 7) is 0. The Bertz CT molecular complexity index is 244. The second-order valence-corrected chi connectivity index (χ2v) is 3.39. The van der Waals surface area contributed by atoms with E-state index in [1.165, 1.54) is 6.26 Å². The van der Waals surface area contributed by atoms with E-state index in [1.54, 1.807) is 24.3 Å². The number of hydrogen-bond acceptors (Lipinski definition) is 2. The molecule has 1 aromatic rings. The molecule has 1 unspecified atom stereocenters. The fraction of sp³-hybridized carbons (Fsp3) is 0.125. The average molecular weight is 168 g/mol. The average Bonchev–Trinajstić information content (AvgIpc) is 2.05. The number of hydrogen-bond donors (Lipinski definition) is 0. The van der Waals surface area contributed by atoms with Crippen LogP contribution in [0.15, 0.2) is 30.3 Å².